The second-order valence-electron chi connectivity index (χ2n) is 2.96. The van der Waals surface area contributed by atoms with Gasteiger partial charge in [-0.2, -0.15) is 0 Å². The summed E-state index contributed by atoms with van der Waals surface area (Å²) in [5.41, 5.74) is 0.600. The molecule has 0 unspecified atom stereocenters. The fraction of sp³-hybridized carbons (Fsp3) is 0.100. The lowest BCUT2D eigenvalue weighted by atomic mass is 10.1. The lowest BCUT2D eigenvalue weighted by Gasteiger charge is -2.00. The summed E-state index contributed by atoms with van der Waals surface area (Å²) in [5, 5.41) is 0.573. The van der Waals surface area contributed by atoms with Gasteiger partial charge in [-0.1, -0.05) is 0 Å². The summed E-state index contributed by atoms with van der Waals surface area (Å²) >= 11 is 0. The van der Waals surface area contributed by atoms with Crippen molar-refractivity contribution in [3.8, 4) is 0 Å². The van der Waals surface area contributed by atoms with Crippen LogP contribution in [0.15, 0.2) is 30.7 Å². The molecule has 0 saturated carbocycles. The molecule has 0 bridgehead atoms. The topological polar surface area (TPSA) is 42.9 Å². The van der Waals surface area contributed by atoms with Crippen molar-refractivity contribution in [3.05, 3.63) is 36.3 Å². The van der Waals surface area contributed by atoms with Crippen molar-refractivity contribution >= 4 is 16.7 Å². The van der Waals surface area contributed by atoms with Gasteiger partial charge in [0.2, 0.25) is 5.78 Å². The number of aromatic nitrogens is 2. The lowest BCUT2D eigenvalue weighted by molar-refractivity contribution is 0.0679. The Morgan fingerprint density at radius 3 is 2.87 bits per heavy atom. The zero-order valence-corrected chi connectivity index (χ0v) is 7.52. The van der Waals surface area contributed by atoms with Crippen molar-refractivity contribution in [1.82, 2.24) is 9.97 Å². The van der Waals surface area contributed by atoms with E-state index in [0.717, 1.165) is 0 Å². The van der Waals surface area contributed by atoms with Gasteiger partial charge in [-0.15, -0.1) is 0 Å². The first-order chi connectivity index (χ1) is 7.18. The first-order valence-electron chi connectivity index (χ1n) is 4.20. The number of hydrogen-bond donors (Lipinski definition) is 0. The molecule has 0 N–H and O–H groups in total. The van der Waals surface area contributed by atoms with Crippen molar-refractivity contribution in [1.29, 1.82) is 0 Å². The Bertz CT molecular complexity index is 514. The molecule has 1 heterocycles. The Kier molecular flexibility index (Phi) is 2.37. The third-order valence-corrected chi connectivity index (χ3v) is 1.99. The van der Waals surface area contributed by atoms with E-state index in [0.29, 0.717) is 10.9 Å². The van der Waals surface area contributed by atoms with Crippen LogP contribution < -0.4 is 0 Å². The highest BCUT2D eigenvalue weighted by Gasteiger charge is 2.17. The summed E-state index contributed by atoms with van der Waals surface area (Å²) < 4.78 is 24.3. The average Bonchev–Trinajstić information content (AvgIpc) is 2.27. The number of hydrogen-bond acceptors (Lipinski definition) is 3. The molecule has 1 aromatic carbocycles. The van der Waals surface area contributed by atoms with Crippen LogP contribution in [0.5, 0.6) is 0 Å². The van der Waals surface area contributed by atoms with Gasteiger partial charge in [0.05, 0.1) is 5.52 Å². The monoisotopic (exact) mass is 208 g/mol. The quantitative estimate of drug-likeness (QED) is 0.709. The number of benzene rings is 1. The summed E-state index contributed by atoms with van der Waals surface area (Å²) in [5.74, 6) is -1.18. The van der Waals surface area contributed by atoms with Crippen LogP contribution in [0.1, 0.15) is 10.4 Å². The van der Waals surface area contributed by atoms with Crippen LogP contribution in [0, 0.1) is 0 Å². The first-order valence-corrected chi connectivity index (χ1v) is 4.20. The van der Waals surface area contributed by atoms with E-state index in [1.807, 2.05) is 0 Å². The standard InChI is InChI=1S/C10H6F2N2O/c11-10(12)9(15)6-1-2-8-7(3-6)4-13-5-14-8/h1-5,10H. The minimum atomic E-state index is -2.98. The SMILES string of the molecule is O=C(c1ccc2ncncc2c1)C(F)F. The smallest absolute Gasteiger partial charge is 0.288 e. The number of ketones is 1. The van der Waals surface area contributed by atoms with Crippen molar-refractivity contribution < 1.29 is 13.6 Å². The number of carbonyl (C=O) groups is 1. The van der Waals surface area contributed by atoms with Gasteiger partial charge in [0.15, 0.2) is 0 Å². The lowest BCUT2D eigenvalue weighted by Crippen LogP contribution is -2.09. The van der Waals surface area contributed by atoms with Crippen molar-refractivity contribution in [3.63, 3.8) is 0 Å². The summed E-state index contributed by atoms with van der Waals surface area (Å²) in [4.78, 5) is 18.7. The number of fused-ring (bicyclic) bond motifs is 1. The highest BCUT2D eigenvalue weighted by molar-refractivity contribution is 6.01. The predicted molar refractivity (Wildman–Crippen MR) is 49.9 cm³/mol. The Balaban J connectivity index is 2.52. The van der Waals surface area contributed by atoms with E-state index in [-0.39, 0.29) is 5.56 Å². The normalized spacial score (nSPS) is 10.9. The molecule has 0 aliphatic carbocycles. The maximum atomic E-state index is 12.1. The molecule has 0 fully saturated rings. The van der Waals surface area contributed by atoms with Crippen LogP contribution in [-0.4, -0.2) is 22.2 Å². The predicted octanol–water partition coefficient (Wildman–Crippen LogP) is 2.08. The van der Waals surface area contributed by atoms with Gasteiger partial charge in [-0.25, -0.2) is 18.7 Å². The molecule has 0 radical (unpaired) electrons. The molecule has 2 aromatic rings. The van der Waals surface area contributed by atoms with Gasteiger partial charge < -0.3 is 0 Å². The summed E-state index contributed by atoms with van der Waals surface area (Å²) in [6.07, 6.45) is -0.145. The number of halogens is 2. The Morgan fingerprint density at radius 1 is 1.33 bits per heavy atom. The number of nitrogens with zero attached hydrogens (tertiary/aromatic N) is 2. The fourth-order valence-corrected chi connectivity index (χ4v) is 1.26. The van der Waals surface area contributed by atoms with Gasteiger partial charge in [-0.3, -0.25) is 4.79 Å². The third-order valence-electron chi connectivity index (χ3n) is 1.99. The number of alkyl halides is 2. The second-order valence-corrected chi connectivity index (χ2v) is 2.96. The fourth-order valence-electron chi connectivity index (χ4n) is 1.26. The van der Waals surface area contributed by atoms with E-state index in [1.54, 1.807) is 0 Å². The van der Waals surface area contributed by atoms with E-state index in [2.05, 4.69) is 9.97 Å². The molecule has 0 spiro atoms. The van der Waals surface area contributed by atoms with Crippen molar-refractivity contribution in [2.75, 3.05) is 0 Å². The molecule has 0 aliphatic rings. The highest BCUT2D eigenvalue weighted by atomic mass is 19.3. The van der Waals surface area contributed by atoms with E-state index in [9.17, 15) is 13.6 Å². The van der Waals surface area contributed by atoms with Crippen molar-refractivity contribution in [2.45, 2.75) is 6.43 Å². The van der Waals surface area contributed by atoms with Crippen molar-refractivity contribution in [2.24, 2.45) is 0 Å². The molecule has 2 rings (SSSR count). The third kappa shape index (κ3) is 1.81. The molecule has 0 aliphatic heterocycles. The molecule has 76 valence electrons. The molecule has 1 aromatic heterocycles. The number of Topliss-reactive ketones (excluding diaryl/α,β-unsaturated/α-hetero) is 1. The maximum absolute atomic E-state index is 12.1. The molecule has 3 nitrogen and oxygen atoms in total. The second kappa shape index (κ2) is 3.68. The van der Waals surface area contributed by atoms with Gasteiger partial charge in [0.25, 0.3) is 0 Å². The van der Waals surface area contributed by atoms with Crippen LogP contribution in [0.3, 0.4) is 0 Å². The Labute approximate surface area is 83.8 Å². The largest absolute Gasteiger partial charge is 0.300 e. The van der Waals surface area contributed by atoms with Gasteiger partial charge in [0, 0.05) is 17.1 Å². The number of carbonyl (C=O) groups excluding carboxylic acids is 1. The molecule has 0 atom stereocenters. The van der Waals surface area contributed by atoms with Gasteiger partial charge in [0.1, 0.15) is 6.33 Å². The van der Waals surface area contributed by atoms with Crippen LogP contribution in [0.4, 0.5) is 8.78 Å². The average molecular weight is 208 g/mol. The molecule has 5 heteroatoms. The van der Waals surface area contributed by atoms with Crippen LogP contribution >= 0.6 is 0 Å². The molecule has 15 heavy (non-hydrogen) atoms. The summed E-state index contributed by atoms with van der Waals surface area (Å²) in [7, 11) is 0. The minimum absolute atomic E-state index is 0.0210. The highest BCUT2D eigenvalue weighted by Crippen LogP contribution is 2.14. The van der Waals surface area contributed by atoms with Crippen LogP contribution in [-0.2, 0) is 0 Å². The molecule has 0 amide bonds. The van der Waals surface area contributed by atoms with E-state index < -0.39 is 12.2 Å². The van der Waals surface area contributed by atoms with Crippen LogP contribution in [0.2, 0.25) is 0 Å². The minimum Gasteiger partial charge on any atom is -0.288 e. The summed E-state index contributed by atoms with van der Waals surface area (Å²) in [6.45, 7) is 0. The van der Waals surface area contributed by atoms with Crippen LogP contribution in [0.25, 0.3) is 10.9 Å². The summed E-state index contributed by atoms with van der Waals surface area (Å²) in [6, 6.07) is 4.22. The Hall–Kier alpha value is -1.91. The molecular weight excluding hydrogens is 202 g/mol. The zero-order chi connectivity index (χ0) is 10.8. The zero-order valence-electron chi connectivity index (χ0n) is 7.52. The van der Waals surface area contributed by atoms with E-state index >= 15 is 0 Å². The Morgan fingerprint density at radius 2 is 2.13 bits per heavy atom. The number of rotatable bonds is 2. The van der Waals surface area contributed by atoms with Gasteiger partial charge >= 0.3 is 6.43 Å². The molecular formula is C10H6F2N2O. The van der Waals surface area contributed by atoms with Gasteiger partial charge in [-0.05, 0) is 18.2 Å². The maximum Gasteiger partial charge on any atom is 0.300 e. The first kappa shape index (κ1) is 9.64. The van der Waals surface area contributed by atoms with E-state index in [4.69, 9.17) is 0 Å². The molecule has 0 saturated heterocycles. The van der Waals surface area contributed by atoms with E-state index in [1.165, 1.54) is 30.7 Å².